The van der Waals surface area contributed by atoms with Crippen LogP contribution in [0.25, 0.3) is 10.9 Å². The van der Waals surface area contributed by atoms with Crippen molar-refractivity contribution >= 4 is 40.0 Å². The largest absolute Gasteiger partial charge is 0.481 e. The lowest BCUT2D eigenvalue weighted by Gasteiger charge is -2.10. The lowest BCUT2D eigenvalue weighted by molar-refractivity contribution is -0.136. The first kappa shape index (κ1) is 18.4. The van der Waals surface area contributed by atoms with Gasteiger partial charge in [0.25, 0.3) is 0 Å². The second kappa shape index (κ2) is 7.59. The highest BCUT2D eigenvalue weighted by Crippen LogP contribution is 2.27. The third-order valence-electron chi connectivity index (χ3n) is 4.36. The molecule has 146 valence electrons. The van der Waals surface area contributed by atoms with Crippen LogP contribution in [0.15, 0.2) is 54.7 Å². The molecule has 2 heterocycles. The Morgan fingerprint density at radius 3 is 2.69 bits per heavy atom. The average molecular weight is 391 g/mol. The Kier molecular flexibility index (Phi) is 4.82. The molecule has 2 aromatic heterocycles. The molecule has 0 saturated carbocycles. The van der Waals surface area contributed by atoms with Crippen molar-refractivity contribution in [1.29, 1.82) is 0 Å². The average Bonchev–Trinajstić information content (AvgIpc) is 3.07. The summed E-state index contributed by atoms with van der Waals surface area (Å²) < 4.78 is 14.8. The summed E-state index contributed by atoms with van der Waals surface area (Å²) in [6.07, 6.45) is 1.53. The number of aliphatic carboxylic acids is 1. The summed E-state index contributed by atoms with van der Waals surface area (Å²) in [6.45, 7) is 1.88. The maximum Gasteiger partial charge on any atom is 0.307 e. The van der Waals surface area contributed by atoms with E-state index in [1.165, 1.54) is 0 Å². The minimum Gasteiger partial charge on any atom is -0.481 e. The molecule has 0 aliphatic rings. The second-order valence-electron chi connectivity index (χ2n) is 6.62. The summed E-state index contributed by atoms with van der Waals surface area (Å²) >= 11 is 0. The number of carboxylic acids is 1. The van der Waals surface area contributed by atoms with Crippen molar-refractivity contribution in [3.63, 3.8) is 0 Å². The number of nitrogens with one attached hydrogen (secondary N) is 3. The van der Waals surface area contributed by atoms with Gasteiger partial charge in [0.1, 0.15) is 5.82 Å². The molecule has 0 atom stereocenters. The van der Waals surface area contributed by atoms with Gasteiger partial charge in [-0.1, -0.05) is 12.1 Å². The van der Waals surface area contributed by atoms with Crippen LogP contribution < -0.4 is 10.6 Å². The van der Waals surface area contributed by atoms with Gasteiger partial charge >= 0.3 is 5.97 Å². The van der Waals surface area contributed by atoms with Gasteiger partial charge in [-0.05, 0) is 48.9 Å². The number of aromatic amines is 1. The first-order valence-electron chi connectivity index (χ1n) is 8.93. The number of benzene rings is 2. The fourth-order valence-electron chi connectivity index (χ4n) is 3.04. The molecule has 0 radical (unpaired) electrons. The van der Waals surface area contributed by atoms with Crippen molar-refractivity contribution < 1.29 is 14.3 Å². The van der Waals surface area contributed by atoms with Crippen LogP contribution in [0, 0.1) is 12.7 Å². The number of carbonyl (C=O) groups is 1. The zero-order valence-corrected chi connectivity index (χ0v) is 15.5. The van der Waals surface area contributed by atoms with Gasteiger partial charge in [0.05, 0.1) is 12.1 Å². The minimum absolute atomic E-state index is 0.0350. The van der Waals surface area contributed by atoms with Crippen LogP contribution in [0.3, 0.4) is 0 Å². The second-order valence-corrected chi connectivity index (χ2v) is 6.62. The predicted molar refractivity (Wildman–Crippen MR) is 109 cm³/mol. The Balaban J connectivity index is 1.52. The summed E-state index contributed by atoms with van der Waals surface area (Å²) in [5.41, 5.74) is 3.36. The van der Waals surface area contributed by atoms with Crippen LogP contribution in [0.2, 0.25) is 0 Å². The molecular weight excluding hydrogens is 373 g/mol. The summed E-state index contributed by atoms with van der Waals surface area (Å²) in [7, 11) is 0. The van der Waals surface area contributed by atoms with Gasteiger partial charge in [0.15, 0.2) is 5.82 Å². The van der Waals surface area contributed by atoms with Crippen LogP contribution in [0.1, 0.15) is 11.3 Å². The lowest BCUT2D eigenvalue weighted by atomic mass is 10.1. The number of nitrogens with zero attached hydrogens (tertiary/aromatic N) is 2. The molecule has 0 spiro atoms. The number of hydrogen-bond donors (Lipinski definition) is 4. The topological polar surface area (TPSA) is 103 Å². The van der Waals surface area contributed by atoms with E-state index < -0.39 is 5.97 Å². The quantitative estimate of drug-likeness (QED) is 0.385. The van der Waals surface area contributed by atoms with Crippen LogP contribution in [0.5, 0.6) is 0 Å². The van der Waals surface area contributed by atoms with Crippen molar-refractivity contribution in [3.05, 3.63) is 71.8 Å². The summed E-state index contributed by atoms with van der Waals surface area (Å²) in [4.78, 5) is 22.4. The van der Waals surface area contributed by atoms with E-state index in [0.29, 0.717) is 34.1 Å². The Bertz CT molecular complexity index is 1190. The van der Waals surface area contributed by atoms with E-state index in [1.807, 2.05) is 13.0 Å². The molecule has 0 unspecified atom stereocenters. The summed E-state index contributed by atoms with van der Waals surface area (Å²) in [5, 5.41) is 15.4. The number of rotatable bonds is 6. The van der Waals surface area contributed by atoms with E-state index in [1.54, 1.807) is 48.7 Å². The molecule has 0 amide bonds. The summed E-state index contributed by atoms with van der Waals surface area (Å²) in [5.74, 6) is -0.461. The third-order valence-corrected chi connectivity index (χ3v) is 4.36. The third kappa shape index (κ3) is 4.16. The van der Waals surface area contributed by atoms with E-state index in [4.69, 9.17) is 5.11 Å². The van der Waals surface area contributed by atoms with Crippen LogP contribution in [0.4, 0.5) is 27.5 Å². The molecule has 0 aliphatic heterocycles. The zero-order valence-electron chi connectivity index (χ0n) is 15.5. The van der Waals surface area contributed by atoms with Gasteiger partial charge in [0, 0.05) is 28.5 Å². The van der Waals surface area contributed by atoms with Crippen LogP contribution >= 0.6 is 0 Å². The minimum atomic E-state index is -0.881. The fourth-order valence-corrected chi connectivity index (χ4v) is 3.04. The summed E-state index contributed by atoms with van der Waals surface area (Å²) in [6, 6.07) is 13.8. The molecule has 0 saturated heterocycles. The van der Waals surface area contributed by atoms with Gasteiger partial charge in [-0.3, -0.25) is 4.79 Å². The van der Waals surface area contributed by atoms with Crippen LogP contribution in [-0.4, -0.2) is 26.0 Å². The Labute approximate surface area is 165 Å². The maximum atomic E-state index is 14.8. The van der Waals surface area contributed by atoms with Crippen molar-refractivity contribution in [2.24, 2.45) is 0 Å². The molecule has 0 fully saturated rings. The number of anilines is 4. The van der Waals surface area contributed by atoms with Crippen molar-refractivity contribution in [1.82, 2.24) is 15.0 Å². The lowest BCUT2D eigenvalue weighted by Crippen LogP contribution is -2.02. The van der Waals surface area contributed by atoms with E-state index in [9.17, 15) is 9.18 Å². The molecule has 4 aromatic rings. The molecule has 2 aromatic carbocycles. The molecule has 0 aliphatic carbocycles. The highest BCUT2D eigenvalue weighted by atomic mass is 19.1. The Hall–Kier alpha value is -3.94. The number of hydrogen-bond acceptors (Lipinski definition) is 5. The molecule has 4 N–H and O–H groups in total. The van der Waals surface area contributed by atoms with Gasteiger partial charge in [0.2, 0.25) is 5.95 Å². The molecule has 4 rings (SSSR count). The van der Waals surface area contributed by atoms with Gasteiger partial charge in [-0.2, -0.15) is 4.98 Å². The van der Waals surface area contributed by atoms with Gasteiger partial charge in [-0.25, -0.2) is 9.37 Å². The number of aromatic nitrogens is 3. The van der Waals surface area contributed by atoms with Crippen molar-refractivity contribution in [2.75, 3.05) is 10.6 Å². The zero-order chi connectivity index (χ0) is 20.4. The number of halogens is 1. The highest BCUT2D eigenvalue weighted by molar-refractivity contribution is 5.85. The normalized spacial score (nSPS) is 10.8. The van der Waals surface area contributed by atoms with Crippen molar-refractivity contribution in [2.45, 2.75) is 13.3 Å². The van der Waals surface area contributed by atoms with E-state index in [-0.39, 0.29) is 12.2 Å². The van der Waals surface area contributed by atoms with Gasteiger partial charge < -0.3 is 20.7 Å². The SMILES string of the molecule is Cc1cc2c(F)c(Nc3ccnc(Nc4ccc(CC(=O)O)cc4)n3)ccc2[nH]1. The molecule has 7 nitrogen and oxygen atoms in total. The number of aryl methyl sites for hydroxylation is 1. The first-order chi connectivity index (χ1) is 14.0. The highest BCUT2D eigenvalue weighted by Gasteiger charge is 2.10. The molecular formula is C21H18FN5O2. The van der Waals surface area contributed by atoms with Crippen LogP contribution in [-0.2, 0) is 11.2 Å². The monoisotopic (exact) mass is 391 g/mol. The van der Waals surface area contributed by atoms with Crippen molar-refractivity contribution in [3.8, 4) is 0 Å². The fraction of sp³-hybridized carbons (Fsp3) is 0.0952. The molecule has 29 heavy (non-hydrogen) atoms. The van der Waals surface area contributed by atoms with E-state index in [2.05, 4.69) is 25.6 Å². The Morgan fingerprint density at radius 1 is 1.14 bits per heavy atom. The smallest absolute Gasteiger partial charge is 0.307 e. The molecule has 0 bridgehead atoms. The van der Waals surface area contributed by atoms with E-state index >= 15 is 0 Å². The standard InChI is InChI=1S/C21H18FN5O2/c1-12-10-15-16(24-12)6-7-17(20(15)22)26-18-8-9-23-21(27-18)25-14-4-2-13(3-5-14)11-19(28)29/h2-10,24H,11H2,1H3,(H,28,29)(H2,23,25,26,27). The molecule has 8 heteroatoms. The Morgan fingerprint density at radius 2 is 1.93 bits per heavy atom. The number of fused-ring (bicyclic) bond motifs is 1. The van der Waals surface area contributed by atoms with Gasteiger partial charge in [-0.15, -0.1) is 0 Å². The predicted octanol–water partition coefficient (Wildman–Crippen LogP) is 4.52. The number of carboxylic acid groups (broad SMARTS) is 1. The first-order valence-corrected chi connectivity index (χ1v) is 8.93. The van der Waals surface area contributed by atoms with E-state index in [0.717, 1.165) is 11.2 Å². The number of H-pyrrole nitrogens is 1. The maximum absolute atomic E-state index is 14.8.